The van der Waals surface area contributed by atoms with Crippen LogP contribution in [-0.4, -0.2) is 48.1 Å². The standard InChI is InChI=1S/C30H35ClN4O2/c31-23-10-12-25-26(20-23)34(16-15-33-13-5-2-6-14-33)17-18-35-27-19-22(30(36)32-37)9-11-24(27)28(29(25)35)21-7-3-1-4-8-21/h9-12,19-21H,1-8,13-18H2. The van der Waals surface area contributed by atoms with Gasteiger partial charge in [0.25, 0.3) is 0 Å². The first-order valence-corrected chi connectivity index (χ1v) is 14.3. The summed E-state index contributed by atoms with van der Waals surface area (Å²) in [5.41, 5.74) is 6.48. The Kier molecular flexibility index (Phi) is 7.04. The molecule has 6 rings (SSSR count). The largest absolute Gasteiger partial charge is 0.368 e. The highest BCUT2D eigenvalue weighted by Crippen LogP contribution is 2.47. The molecule has 6 nitrogen and oxygen atoms in total. The van der Waals surface area contributed by atoms with Crippen LogP contribution in [0.2, 0.25) is 5.02 Å². The van der Waals surface area contributed by atoms with Gasteiger partial charge < -0.3 is 14.4 Å². The van der Waals surface area contributed by atoms with Crippen LogP contribution in [0, 0.1) is 4.91 Å². The van der Waals surface area contributed by atoms with Gasteiger partial charge in [-0.15, -0.1) is 4.91 Å². The van der Waals surface area contributed by atoms with Gasteiger partial charge in [-0.1, -0.05) is 43.4 Å². The molecule has 1 saturated heterocycles. The number of nitroso groups, excluding NO2 is 1. The number of hydrogen-bond acceptors (Lipinski definition) is 4. The Labute approximate surface area is 223 Å². The predicted molar refractivity (Wildman–Crippen MR) is 151 cm³/mol. The van der Waals surface area contributed by atoms with Crippen molar-refractivity contribution < 1.29 is 4.79 Å². The molecule has 0 N–H and O–H groups in total. The van der Waals surface area contributed by atoms with Gasteiger partial charge in [0, 0.05) is 64.1 Å². The number of rotatable bonds is 5. The fraction of sp³-hybridized carbons (Fsp3) is 0.500. The zero-order chi connectivity index (χ0) is 25.4. The van der Waals surface area contributed by atoms with E-state index in [1.165, 1.54) is 92.4 Å². The lowest BCUT2D eigenvalue weighted by molar-refractivity contribution is 0.100. The van der Waals surface area contributed by atoms with E-state index in [1.54, 1.807) is 6.07 Å². The number of nitrogens with zero attached hydrogens (tertiary/aromatic N) is 4. The van der Waals surface area contributed by atoms with Crippen molar-refractivity contribution in [3.05, 3.63) is 57.5 Å². The first-order chi connectivity index (χ1) is 18.1. The van der Waals surface area contributed by atoms with Gasteiger partial charge in [0.2, 0.25) is 0 Å². The first-order valence-electron chi connectivity index (χ1n) is 13.9. The number of hydrogen-bond donors (Lipinski definition) is 0. The Balaban J connectivity index is 1.49. The summed E-state index contributed by atoms with van der Waals surface area (Å²) in [6.07, 6.45) is 10.1. The number of carbonyl (C=O) groups excluding carboxylic acids is 1. The zero-order valence-corrected chi connectivity index (χ0v) is 22.2. The van der Waals surface area contributed by atoms with Crippen molar-refractivity contribution in [3.8, 4) is 11.3 Å². The van der Waals surface area contributed by atoms with Gasteiger partial charge >= 0.3 is 5.91 Å². The third-order valence-corrected chi connectivity index (χ3v) is 8.97. The second-order valence-electron chi connectivity index (χ2n) is 10.9. The predicted octanol–water partition coefficient (Wildman–Crippen LogP) is 7.22. The number of anilines is 1. The van der Waals surface area contributed by atoms with E-state index < -0.39 is 5.91 Å². The van der Waals surface area contributed by atoms with Crippen LogP contribution in [0.1, 0.15) is 73.2 Å². The lowest BCUT2D eigenvalue weighted by Gasteiger charge is -2.31. The molecule has 2 fully saturated rings. The van der Waals surface area contributed by atoms with Crippen LogP contribution >= 0.6 is 11.6 Å². The molecule has 3 aromatic rings. The lowest BCUT2D eigenvalue weighted by atomic mass is 9.81. The van der Waals surface area contributed by atoms with E-state index in [-0.39, 0.29) is 0 Å². The molecule has 194 valence electrons. The molecule has 37 heavy (non-hydrogen) atoms. The molecular weight excluding hydrogens is 484 g/mol. The average Bonchev–Trinajstić information content (AvgIpc) is 3.18. The molecule has 1 aromatic heterocycles. The number of likely N-dealkylation sites (tertiary alicyclic amines) is 1. The van der Waals surface area contributed by atoms with Crippen LogP contribution in [0.4, 0.5) is 5.69 Å². The van der Waals surface area contributed by atoms with E-state index in [4.69, 9.17) is 11.6 Å². The van der Waals surface area contributed by atoms with Crippen molar-refractivity contribution in [3.63, 3.8) is 0 Å². The zero-order valence-electron chi connectivity index (χ0n) is 21.4. The van der Waals surface area contributed by atoms with Gasteiger partial charge in [0.1, 0.15) is 0 Å². The van der Waals surface area contributed by atoms with Crippen LogP contribution in [-0.2, 0) is 6.54 Å². The van der Waals surface area contributed by atoms with Crippen molar-refractivity contribution >= 4 is 34.1 Å². The highest BCUT2D eigenvalue weighted by Gasteiger charge is 2.31. The molecule has 2 aromatic carbocycles. The van der Waals surface area contributed by atoms with Gasteiger partial charge in [-0.25, -0.2) is 0 Å². The summed E-state index contributed by atoms with van der Waals surface area (Å²) in [6, 6.07) is 12.0. The smallest absolute Gasteiger partial charge is 0.316 e. The molecular formula is C30H35ClN4O2. The molecule has 0 atom stereocenters. The SMILES string of the molecule is O=NC(=O)c1ccc2c(C3CCCCC3)c3n(c2c1)CCN(CCN1CCCCC1)c1cc(Cl)ccc1-3. The van der Waals surface area contributed by atoms with Crippen LogP contribution < -0.4 is 4.90 Å². The Morgan fingerprint density at radius 1 is 0.892 bits per heavy atom. The summed E-state index contributed by atoms with van der Waals surface area (Å²) in [6.45, 7) is 6.08. The molecule has 0 unspecified atom stereocenters. The maximum atomic E-state index is 12.2. The highest BCUT2D eigenvalue weighted by molar-refractivity contribution is 6.31. The topological polar surface area (TPSA) is 57.9 Å². The summed E-state index contributed by atoms with van der Waals surface area (Å²) in [7, 11) is 0. The summed E-state index contributed by atoms with van der Waals surface area (Å²) in [5.74, 6) is -0.220. The molecule has 0 spiro atoms. The normalized spacial score (nSPS) is 18.9. The van der Waals surface area contributed by atoms with Gasteiger partial charge in [0.05, 0.1) is 5.69 Å². The van der Waals surface area contributed by atoms with Crippen molar-refractivity contribution in [2.24, 2.45) is 5.18 Å². The number of carbonyl (C=O) groups is 1. The van der Waals surface area contributed by atoms with E-state index in [0.717, 1.165) is 36.7 Å². The Hall–Kier alpha value is -2.70. The highest BCUT2D eigenvalue weighted by atomic mass is 35.5. The average molecular weight is 519 g/mol. The quantitative estimate of drug-likeness (QED) is 0.334. The minimum Gasteiger partial charge on any atom is -0.368 e. The Morgan fingerprint density at radius 2 is 1.68 bits per heavy atom. The summed E-state index contributed by atoms with van der Waals surface area (Å²) < 4.78 is 2.40. The fourth-order valence-electron chi connectivity index (χ4n) is 6.87. The maximum absolute atomic E-state index is 12.2. The number of benzene rings is 2. The van der Waals surface area contributed by atoms with E-state index in [0.29, 0.717) is 11.5 Å². The number of amides is 1. The molecule has 1 saturated carbocycles. The molecule has 3 aliphatic rings. The number of fused-ring (bicyclic) bond motifs is 5. The van der Waals surface area contributed by atoms with Crippen LogP contribution in [0.15, 0.2) is 41.6 Å². The van der Waals surface area contributed by atoms with Gasteiger partial charge in [0.15, 0.2) is 0 Å². The molecule has 3 heterocycles. The van der Waals surface area contributed by atoms with Crippen LogP contribution in [0.25, 0.3) is 22.2 Å². The molecule has 0 bridgehead atoms. The minimum absolute atomic E-state index is 0.362. The Morgan fingerprint density at radius 3 is 2.46 bits per heavy atom. The molecule has 1 aliphatic carbocycles. The van der Waals surface area contributed by atoms with Crippen molar-refractivity contribution in [1.29, 1.82) is 0 Å². The van der Waals surface area contributed by atoms with E-state index in [1.807, 2.05) is 18.2 Å². The minimum atomic E-state index is -0.708. The maximum Gasteiger partial charge on any atom is 0.316 e. The second kappa shape index (κ2) is 10.6. The van der Waals surface area contributed by atoms with Gasteiger partial charge in [-0.2, -0.15) is 0 Å². The molecule has 0 radical (unpaired) electrons. The number of piperidine rings is 1. The molecule has 2 aliphatic heterocycles. The van der Waals surface area contributed by atoms with E-state index >= 15 is 0 Å². The van der Waals surface area contributed by atoms with Crippen molar-refractivity contribution in [1.82, 2.24) is 9.47 Å². The Bertz CT molecular complexity index is 1320. The van der Waals surface area contributed by atoms with Gasteiger partial charge in [-0.05, 0) is 80.6 Å². The van der Waals surface area contributed by atoms with Crippen molar-refractivity contribution in [2.45, 2.75) is 63.8 Å². The summed E-state index contributed by atoms with van der Waals surface area (Å²) in [4.78, 5) is 28.3. The van der Waals surface area contributed by atoms with Crippen molar-refractivity contribution in [2.75, 3.05) is 37.6 Å². The number of halogens is 1. The second-order valence-corrected chi connectivity index (χ2v) is 11.4. The van der Waals surface area contributed by atoms with Crippen LogP contribution in [0.5, 0.6) is 0 Å². The fourth-order valence-corrected chi connectivity index (χ4v) is 7.04. The summed E-state index contributed by atoms with van der Waals surface area (Å²) >= 11 is 6.59. The molecule has 7 heteroatoms. The monoisotopic (exact) mass is 518 g/mol. The van der Waals surface area contributed by atoms with E-state index in [2.05, 4.69) is 31.7 Å². The summed E-state index contributed by atoms with van der Waals surface area (Å²) in [5, 5.41) is 4.65. The third kappa shape index (κ3) is 4.70. The number of aromatic nitrogens is 1. The first kappa shape index (κ1) is 24.6. The van der Waals surface area contributed by atoms with Crippen LogP contribution in [0.3, 0.4) is 0 Å². The lowest BCUT2D eigenvalue weighted by Crippen LogP contribution is -2.38. The third-order valence-electron chi connectivity index (χ3n) is 8.73. The van der Waals surface area contributed by atoms with E-state index in [9.17, 15) is 9.70 Å². The molecule has 1 amide bonds. The van der Waals surface area contributed by atoms with Gasteiger partial charge in [-0.3, -0.25) is 4.79 Å².